The number of rotatable bonds is 4. The van der Waals surface area contributed by atoms with Crippen LogP contribution in [0.25, 0.3) is 0 Å². The van der Waals surface area contributed by atoms with Crippen molar-refractivity contribution in [3.05, 3.63) is 0 Å². The van der Waals surface area contributed by atoms with Gasteiger partial charge in [-0.1, -0.05) is 0 Å². The first-order chi connectivity index (χ1) is 3.81. The number of hydrogen-bond acceptors (Lipinski definition) is 3. The van der Waals surface area contributed by atoms with Gasteiger partial charge in [0.1, 0.15) is 0 Å². The van der Waals surface area contributed by atoms with Crippen LogP contribution < -0.4 is 0 Å². The molecule has 0 fully saturated rings. The molecule has 48 valence electrons. The van der Waals surface area contributed by atoms with E-state index in [4.69, 9.17) is 0 Å². The van der Waals surface area contributed by atoms with Gasteiger partial charge in [0.25, 0.3) is 0 Å². The first-order valence-corrected chi connectivity index (χ1v) is 4.52. The van der Waals surface area contributed by atoms with Crippen LogP contribution in [0.5, 0.6) is 0 Å². The Morgan fingerprint density at radius 1 is 1.25 bits per heavy atom. The van der Waals surface area contributed by atoms with Gasteiger partial charge in [-0.25, -0.2) is 0 Å². The average molecular weight is 154 g/mol. The molecule has 0 saturated carbocycles. The number of hydrogen-bond donors (Lipinski definition) is 0. The molecule has 0 aromatic heterocycles. The quantitative estimate of drug-likeness (QED) is 0.563. The van der Waals surface area contributed by atoms with Crippen molar-refractivity contribution in [1.29, 1.82) is 0 Å². The Balaban J connectivity index is 3.06. The zero-order valence-electron chi connectivity index (χ0n) is 5.14. The first-order valence-electron chi connectivity index (χ1n) is 2.60. The van der Waals surface area contributed by atoms with Gasteiger partial charge in [0, 0.05) is 0 Å². The molecule has 3 nitrogen and oxygen atoms in total. The van der Waals surface area contributed by atoms with E-state index in [-0.39, 0.29) is 0 Å². The van der Waals surface area contributed by atoms with E-state index in [9.17, 15) is 3.32 Å². The molecule has 0 bridgehead atoms. The third-order valence-electron chi connectivity index (χ3n) is 0.524. The van der Waals surface area contributed by atoms with Crippen LogP contribution >= 0.6 is 0 Å². The second kappa shape index (κ2) is 5.57. The van der Waals surface area contributed by atoms with E-state index < -0.39 is 18.6 Å². The van der Waals surface area contributed by atoms with Crippen molar-refractivity contribution >= 4 is 0 Å². The van der Waals surface area contributed by atoms with E-state index in [2.05, 4.69) is 6.64 Å². The minimum absolute atomic E-state index is 0.485. The normalized spacial score (nSPS) is 9.25. The van der Waals surface area contributed by atoms with Crippen LogP contribution in [-0.2, 0) is 28.6 Å². The van der Waals surface area contributed by atoms with Crippen LogP contribution in [0, 0.1) is 0 Å². The molecule has 0 atom stereocenters. The molecule has 0 rings (SSSR count). The summed E-state index contributed by atoms with van der Waals surface area (Å²) in [5.74, 6) is 0. The van der Waals surface area contributed by atoms with Crippen LogP contribution in [0.4, 0.5) is 0 Å². The Labute approximate surface area is 56.1 Å². The van der Waals surface area contributed by atoms with Gasteiger partial charge in [-0.05, 0) is 0 Å². The van der Waals surface area contributed by atoms with Crippen molar-refractivity contribution < 1.29 is 28.6 Å². The van der Waals surface area contributed by atoms with Gasteiger partial charge < -0.3 is 0 Å². The molecule has 0 aliphatic carbocycles. The Hall–Kier alpha value is 0.434. The fourth-order valence-electron chi connectivity index (χ4n) is 0.277. The topological polar surface area (TPSA) is 35.5 Å². The minimum atomic E-state index is -2.69. The summed E-state index contributed by atoms with van der Waals surface area (Å²) in [6.45, 7) is 4.56. The van der Waals surface area contributed by atoms with Gasteiger partial charge in [-0.15, -0.1) is 0 Å². The van der Waals surface area contributed by atoms with E-state index in [1.165, 1.54) is 0 Å². The van der Waals surface area contributed by atoms with Crippen LogP contribution in [0.15, 0.2) is 0 Å². The molecule has 0 aliphatic rings. The van der Waals surface area contributed by atoms with Gasteiger partial charge in [-0.2, -0.15) is 0 Å². The summed E-state index contributed by atoms with van der Waals surface area (Å²) in [5, 5.41) is 0. The molecule has 0 N–H and O–H groups in total. The van der Waals surface area contributed by atoms with Crippen LogP contribution in [0.1, 0.15) is 13.8 Å². The molecule has 0 spiro atoms. The Morgan fingerprint density at radius 3 is 1.88 bits per heavy atom. The monoisotopic (exact) mass is 154 g/mol. The summed E-state index contributed by atoms with van der Waals surface area (Å²) >= 11 is -2.69. The van der Waals surface area contributed by atoms with Crippen LogP contribution in [0.3, 0.4) is 0 Å². The summed E-state index contributed by atoms with van der Waals surface area (Å²) in [6.07, 6.45) is 0. The summed E-state index contributed by atoms with van der Waals surface area (Å²) in [6, 6.07) is 0. The molecule has 0 unspecified atom stereocenters. The summed E-state index contributed by atoms with van der Waals surface area (Å²) in [4.78, 5) is 0. The summed E-state index contributed by atoms with van der Waals surface area (Å²) < 4.78 is 19.8. The van der Waals surface area contributed by atoms with Gasteiger partial charge in [-0.3, -0.25) is 0 Å². The van der Waals surface area contributed by atoms with Gasteiger partial charge in [0.15, 0.2) is 0 Å². The zero-order valence-corrected chi connectivity index (χ0v) is 6.70. The van der Waals surface area contributed by atoms with E-state index in [0.717, 1.165) is 0 Å². The molecule has 4 heteroatoms. The maximum atomic E-state index is 10.4. The van der Waals surface area contributed by atoms with Crippen molar-refractivity contribution in [2.45, 2.75) is 13.8 Å². The Bertz CT molecular complexity index is 65.7. The van der Waals surface area contributed by atoms with Crippen molar-refractivity contribution in [2.24, 2.45) is 0 Å². The zero-order chi connectivity index (χ0) is 6.41. The van der Waals surface area contributed by atoms with Crippen molar-refractivity contribution in [2.75, 3.05) is 13.2 Å². The molecule has 0 amide bonds. The molecule has 0 saturated heterocycles. The molecule has 8 heavy (non-hydrogen) atoms. The first kappa shape index (κ1) is 8.43. The Morgan fingerprint density at radius 2 is 1.62 bits per heavy atom. The molecule has 0 heterocycles. The second-order valence-electron chi connectivity index (χ2n) is 1.12. The predicted octanol–water partition coefficient (Wildman–Crippen LogP) is 0.853. The molecule has 0 aromatic carbocycles. The summed E-state index contributed by atoms with van der Waals surface area (Å²) in [7, 11) is 0. The van der Waals surface area contributed by atoms with E-state index in [1.54, 1.807) is 13.8 Å². The summed E-state index contributed by atoms with van der Waals surface area (Å²) in [5.41, 5.74) is 0. The second-order valence-corrected chi connectivity index (χ2v) is 2.80. The molecular weight excluding hydrogens is 144 g/mol. The maximum absolute atomic E-state index is 10.4. The predicted molar refractivity (Wildman–Crippen MR) is 23.9 cm³/mol. The van der Waals surface area contributed by atoms with Crippen molar-refractivity contribution in [3.63, 3.8) is 0 Å². The Kier molecular flexibility index (Phi) is 5.87. The van der Waals surface area contributed by atoms with E-state index in [1.807, 2.05) is 0 Å². The third-order valence-corrected chi connectivity index (χ3v) is 2.16. The molecule has 0 radical (unpaired) electrons. The van der Waals surface area contributed by atoms with Gasteiger partial charge >= 0.3 is 55.6 Å². The van der Waals surface area contributed by atoms with Gasteiger partial charge in [0.2, 0.25) is 0 Å². The third kappa shape index (κ3) is 4.59. The molecule has 0 aliphatic heterocycles. The van der Waals surface area contributed by atoms with Crippen LogP contribution in [-0.4, -0.2) is 13.2 Å². The van der Waals surface area contributed by atoms with E-state index in [0.29, 0.717) is 13.2 Å². The SMILES string of the molecule is CC[O][Ti](=[O])[O]CC. The molecule has 0 aromatic rings. The van der Waals surface area contributed by atoms with E-state index >= 15 is 0 Å². The average Bonchev–Trinajstić information content (AvgIpc) is 1.68. The molecular formula is C4H10O3Ti. The van der Waals surface area contributed by atoms with Gasteiger partial charge in [0.05, 0.1) is 0 Å². The van der Waals surface area contributed by atoms with Crippen molar-refractivity contribution in [3.8, 4) is 0 Å². The standard InChI is InChI=1S/2C2H5O.O.Ti/c2*1-2-3;;/h2*2H2,1H3;;/q2*-1;;+2. The van der Waals surface area contributed by atoms with Crippen LogP contribution in [0.2, 0.25) is 0 Å². The fourth-order valence-corrected chi connectivity index (χ4v) is 1.14. The fraction of sp³-hybridized carbons (Fsp3) is 1.00. The van der Waals surface area contributed by atoms with Crippen molar-refractivity contribution in [1.82, 2.24) is 0 Å².